The van der Waals surface area contributed by atoms with Gasteiger partial charge in [0.1, 0.15) is 0 Å². The molecule has 0 spiro atoms. The Balaban J connectivity index is 4.93. The van der Waals surface area contributed by atoms with Crippen molar-refractivity contribution in [3.63, 3.8) is 0 Å². The molecule has 0 atom stereocenters. The summed E-state index contributed by atoms with van der Waals surface area (Å²) >= 11 is 0. The van der Waals surface area contributed by atoms with Gasteiger partial charge in [0.25, 0.3) is 0 Å². The third kappa shape index (κ3) is 3.51. The Hall–Kier alpha value is 0.310. The molecule has 0 bridgehead atoms. The molecule has 3 N–H and O–H groups in total. The van der Waals surface area contributed by atoms with Gasteiger partial charge in [-0.2, -0.15) is 0 Å². The van der Waals surface area contributed by atoms with Crippen molar-refractivity contribution in [3.05, 3.63) is 0 Å². The van der Waals surface area contributed by atoms with Gasteiger partial charge in [-0.3, -0.25) is 0 Å². The topological polar surface area (TPSA) is 60.7 Å². The van der Waals surface area contributed by atoms with Crippen LogP contribution < -0.4 is 0 Å². The van der Waals surface area contributed by atoms with Crippen LogP contribution in [0.5, 0.6) is 0 Å². The van der Waals surface area contributed by atoms with Gasteiger partial charge in [0.05, 0.1) is 0 Å². The zero-order valence-electron chi connectivity index (χ0n) is 9.50. The first-order chi connectivity index (χ1) is 5.24. The summed E-state index contributed by atoms with van der Waals surface area (Å²) in [6.45, 7) is 10.6. The SMILES string of the molecule is CC(C)(C)CP(O)(O)(O)C(C)(C)C. The molecule has 82 valence electrons. The van der Waals surface area contributed by atoms with E-state index >= 15 is 0 Å². The standard InChI is InChI=1S/C9H23O3P/c1-8(2,3)7-13(10,11,12)9(4,5)6/h10-12H,7H2,1-6H3. The van der Waals surface area contributed by atoms with Crippen molar-refractivity contribution in [3.8, 4) is 0 Å². The average Bonchev–Trinajstić information content (AvgIpc) is 1.48. The quantitative estimate of drug-likeness (QED) is 0.581. The van der Waals surface area contributed by atoms with E-state index in [1.807, 2.05) is 20.8 Å². The molecular weight excluding hydrogens is 187 g/mol. The van der Waals surface area contributed by atoms with Crippen molar-refractivity contribution in [1.29, 1.82) is 0 Å². The molecule has 0 fully saturated rings. The van der Waals surface area contributed by atoms with Crippen LogP contribution in [0.1, 0.15) is 41.5 Å². The first kappa shape index (κ1) is 13.3. The molecule has 0 aliphatic heterocycles. The van der Waals surface area contributed by atoms with Gasteiger partial charge in [-0.25, -0.2) is 0 Å². The van der Waals surface area contributed by atoms with Gasteiger partial charge in [-0.15, -0.1) is 0 Å². The maximum atomic E-state index is 9.89. The molecule has 0 aromatic heterocycles. The van der Waals surface area contributed by atoms with Gasteiger partial charge in [0.2, 0.25) is 0 Å². The first-order valence-electron chi connectivity index (χ1n) is 4.49. The van der Waals surface area contributed by atoms with E-state index in [1.54, 1.807) is 20.8 Å². The van der Waals surface area contributed by atoms with E-state index in [1.165, 1.54) is 0 Å². The van der Waals surface area contributed by atoms with Gasteiger partial charge in [-0.1, -0.05) is 0 Å². The van der Waals surface area contributed by atoms with Crippen LogP contribution in [0.15, 0.2) is 0 Å². The van der Waals surface area contributed by atoms with Crippen molar-refractivity contribution >= 4 is 7.28 Å². The third-order valence-corrected chi connectivity index (χ3v) is 6.42. The summed E-state index contributed by atoms with van der Waals surface area (Å²) in [5, 5.41) is -0.862. The summed E-state index contributed by atoms with van der Waals surface area (Å²) in [7, 11) is -4.51. The fourth-order valence-electron chi connectivity index (χ4n) is 1.11. The molecular formula is C9H23O3P. The molecule has 0 heterocycles. The number of hydrogen-bond acceptors (Lipinski definition) is 3. The van der Waals surface area contributed by atoms with Gasteiger partial charge in [0, 0.05) is 0 Å². The van der Waals surface area contributed by atoms with Crippen LogP contribution in [-0.4, -0.2) is 26.0 Å². The van der Waals surface area contributed by atoms with Crippen LogP contribution in [-0.2, 0) is 0 Å². The van der Waals surface area contributed by atoms with Crippen molar-refractivity contribution in [2.24, 2.45) is 5.41 Å². The minimum atomic E-state index is -4.51. The molecule has 0 rings (SSSR count). The van der Waals surface area contributed by atoms with Crippen LogP contribution in [0.25, 0.3) is 0 Å². The molecule has 0 aromatic carbocycles. The molecule has 0 aliphatic carbocycles. The van der Waals surface area contributed by atoms with E-state index in [2.05, 4.69) is 0 Å². The average molecular weight is 210 g/mol. The molecule has 0 saturated carbocycles. The van der Waals surface area contributed by atoms with E-state index in [0.29, 0.717) is 0 Å². The maximum absolute atomic E-state index is 9.89. The molecule has 0 saturated heterocycles. The summed E-state index contributed by atoms with van der Waals surface area (Å²) in [6, 6.07) is 0. The molecule has 3 nitrogen and oxygen atoms in total. The van der Waals surface area contributed by atoms with E-state index in [4.69, 9.17) is 0 Å². The molecule has 0 radical (unpaired) electrons. The Morgan fingerprint density at radius 3 is 1.23 bits per heavy atom. The summed E-state index contributed by atoms with van der Waals surface area (Å²) in [5.74, 6) is 0. The van der Waals surface area contributed by atoms with E-state index < -0.39 is 12.4 Å². The summed E-state index contributed by atoms with van der Waals surface area (Å²) < 4.78 is 0. The first-order valence-corrected chi connectivity index (χ1v) is 6.77. The van der Waals surface area contributed by atoms with Crippen molar-refractivity contribution in [1.82, 2.24) is 0 Å². The molecule has 4 heteroatoms. The Morgan fingerprint density at radius 1 is 0.846 bits per heavy atom. The van der Waals surface area contributed by atoms with Crippen molar-refractivity contribution < 1.29 is 14.7 Å². The fourth-order valence-corrected chi connectivity index (χ4v) is 3.33. The second-order valence-corrected chi connectivity index (χ2v) is 10.00. The van der Waals surface area contributed by atoms with Gasteiger partial charge in [-0.05, 0) is 0 Å². The molecule has 0 aromatic rings. The van der Waals surface area contributed by atoms with Crippen LogP contribution >= 0.6 is 7.28 Å². The predicted molar refractivity (Wildman–Crippen MR) is 57.7 cm³/mol. The molecule has 0 unspecified atom stereocenters. The fraction of sp³-hybridized carbons (Fsp3) is 1.00. The van der Waals surface area contributed by atoms with Crippen LogP contribution in [0.4, 0.5) is 0 Å². The van der Waals surface area contributed by atoms with Crippen LogP contribution in [0.2, 0.25) is 0 Å². The third-order valence-electron chi connectivity index (χ3n) is 2.14. The van der Waals surface area contributed by atoms with E-state index in [9.17, 15) is 14.7 Å². The Labute approximate surface area is 81.0 Å². The van der Waals surface area contributed by atoms with Gasteiger partial charge >= 0.3 is 80.2 Å². The second kappa shape index (κ2) is 2.90. The number of hydrogen-bond donors (Lipinski definition) is 3. The zero-order chi connectivity index (χ0) is 11.2. The van der Waals surface area contributed by atoms with E-state index in [-0.39, 0.29) is 11.6 Å². The summed E-state index contributed by atoms with van der Waals surface area (Å²) in [6.07, 6.45) is 0.0437. The van der Waals surface area contributed by atoms with Crippen molar-refractivity contribution in [2.45, 2.75) is 46.7 Å². The molecule has 0 aliphatic rings. The number of rotatable bonds is 1. The Kier molecular flexibility index (Phi) is 2.97. The normalized spacial score (nSPS) is 18.1. The van der Waals surface area contributed by atoms with Crippen LogP contribution in [0.3, 0.4) is 0 Å². The van der Waals surface area contributed by atoms with Gasteiger partial charge in [0.15, 0.2) is 0 Å². The van der Waals surface area contributed by atoms with E-state index in [0.717, 1.165) is 0 Å². The minimum absolute atomic E-state index is 0.0437. The van der Waals surface area contributed by atoms with Gasteiger partial charge < -0.3 is 0 Å². The summed E-state index contributed by atoms with van der Waals surface area (Å²) in [5.41, 5.74) is -0.288. The molecule has 13 heavy (non-hydrogen) atoms. The summed E-state index contributed by atoms with van der Waals surface area (Å²) in [4.78, 5) is 29.7. The second-order valence-electron chi connectivity index (χ2n) is 6.04. The predicted octanol–water partition coefficient (Wildman–Crippen LogP) is 2.11. The Morgan fingerprint density at radius 2 is 1.15 bits per heavy atom. The van der Waals surface area contributed by atoms with Crippen LogP contribution in [0, 0.1) is 5.41 Å². The monoisotopic (exact) mass is 210 g/mol. The molecule has 0 amide bonds. The zero-order valence-corrected chi connectivity index (χ0v) is 10.4. The van der Waals surface area contributed by atoms with Crippen molar-refractivity contribution in [2.75, 3.05) is 6.16 Å². The Bertz CT molecular complexity index is 190.